The molecule has 3 heteroatoms. The summed E-state index contributed by atoms with van der Waals surface area (Å²) in [6, 6.07) is 11.6. The zero-order valence-corrected chi connectivity index (χ0v) is 13.6. The van der Waals surface area contributed by atoms with Crippen LogP contribution in [0.2, 0.25) is 11.6 Å². The molecule has 18 heavy (non-hydrogen) atoms. The lowest BCUT2D eigenvalue weighted by Crippen LogP contribution is -2.30. The van der Waals surface area contributed by atoms with E-state index in [-0.39, 0.29) is 0 Å². The summed E-state index contributed by atoms with van der Waals surface area (Å²) >= 11 is 13.5. The van der Waals surface area contributed by atoms with E-state index in [1.807, 2.05) is 0 Å². The highest BCUT2D eigenvalue weighted by atomic mass is 35.7. The van der Waals surface area contributed by atoms with Crippen LogP contribution in [0.1, 0.15) is 50.5 Å². The minimum absolute atomic E-state index is 0.481. The largest absolute Gasteiger partial charge is 0.254 e. The molecule has 1 atom stereocenters. The highest BCUT2D eigenvalue weighted by Gasteiger charge is 2.40. The van der Waals surface area contributed by atoms with Crippen molar-refractivity contribution in [1.82, 2.24) is 0 Å². The summed E-state index contributed by atoms with van der Waals surface area (Å²) in [5, 5.41) is 0. The molecule has 1 aromatic carbocycles. The second kappa shape index (κ2) is 6.45. The summed E-state index contributed by atoms with van der Waals surface area (Å²) in [5.74, 6) is 0.481. The Morgan fingerprint density at radius 3 is 2.33 bits per heavy atom. The average Bonchev–Trinajstić information content (AvgIpc) is 2.40. The van der Waals surface area contributed by atoms with Gasteiger partial charge in [0.2, 0.25) is 0 Å². The van der Waals surface area contributed by atoms with E-state index >= 15 is 0 Å². The monoisotopic (exact) mass is 300 g/mol. The maximum atomic E-state index is 6.76. The average molecular weight is 301 g/mol. The molecule has 2 rings (SSSR count). The van der Waals surface area contributed by atoms with Crippen molar-refractivity contribution < 1.29 is 0 Å². The van der Waals surface area contributed by atoms with Crippen LogP contribution in [0.5, 0.6) is 0 Å². The molecule has 0 aromatic heterocycles. The van der Waals surface area contributed by atoms with Crippen molar-refractivity contribution in [3.63, 3.8) is 0 Å². The van der Waals surface area contributed by atoms with Gasteiger partial charge in [-0.3, -0.25) is 0 Å². The maximum Gasteiger partial charge on any atom is 0.254 e. The Bertz CT molecular complexity index is 358. The molecule has 0 radical (unpaired) electrons. The highest BCUT2D eigenvalue weighted by Crippen LogP contribution is 2.46. The molecule has 0 nitrogen and oxygen atoms in total. The van der Waals surface area contributed by atoms with Gasteiger partial charge in [0.25, 0.3) is 6.69 Å². The summed E-state index contributed by atoms with van der Waals surface area (Å²) < 4.78 is 0. The highest BCUT2D eigenvalue weighted by molar-refractivity contribution is 7.46. The molecule has 0 amide bonds. The van der Waals surface area contributed by atoms with E-state index in [4.69, 9.17) is 22.2 Å². The van der Waals surface area contributed by atoms with Crippen LogP contribution in [0.3, 0.4) is 0 Å². The van der Waals surface area contributed by atoms with Crippen LogP contribution in [0.4, 0.5) is 0 Å². The van der Waals surface area contributed by atoms with Gasteiger partial charge in [0, 0.05) is 0 Å². The predicted molar refractivity (Wildman–Crippen MR) is 84.0 cm³/mol. The van der Waals surface area contributed by atoms with Gasteiger partial charge in [0.05, 0.1) is 0 Å². The van der Waals surface area contributed by atoms with Crippen molar-refractivity contribution in [3.05, 3.63) is 35.9 Å². The van der Waals surface area contributed by atoms with Gasteiger partial charge in [-0.15, -0.1) is 22.2 Å². The summed E-state index contributed by atoms with van der Waals surface area (Å²) in [4.78, 5) is 0. The van der Waals surface area contributed by atoms with Crippen molar-refractivity contribution in [2.45, 2.75) is 56.5 Å². The van der Waals surface area contributed by atoms with Crippen LogP contribution in [-0.2, 0) is 0 Å². The van der Waals surface area contributed by atoms with Gasteiger partial charge in [-0.25, -0.2) is 0 Å². The van der Waals surface area contributed by atoms with Gasteiger partial charge < -0.3 is 0 Å². The van der Waals surface area contributed by atoms with Crippen LogP contribution in [0, 0.1) is 0 Å². The summed E-state index contributed by atoms with van der Waals surface area (Å²) in [5.41, 5.74) is 1.98. The number of hydrogen-bond acceptors (Lipinski definition) is 0. The lowest BCUT2D eigenvalue weighted by molar-refractivity contribution is 0.495. The molecular formula is C15H22Cl2Si. The van der Waals surface area contributed by atoms with Gasteiger partial charge in [-0.1, -0.05) is 69.4 Å². The molecule has 100 valence electrons. The van der Waals surface area contributed by atoms with Crippen molar-refractivity contribution in [2.75, 3.05) is 0 Å². The zero-order valence-electron chi connectivity index (χ0n) is 11.0. The lowest BCUT2D eigenvalue weighted by Gasteiger charge is -2.32. The van der Waals surface area contributed by atoms with Crippen LogP contribution in [-0.4, -0.2) is 6.69 Å². The van der Waals surface area contributed by atoms with E-state index in [1.165, 1.54) is 37.7 Å². The van der Waals surface area contributed by atoms with E-state index in [0.29, 0.717) is 11.5 Å². The van der Waals surface area contributed by atoms with Crippen molar-refractivity contribution in [2.24, 2.45) is 0 Å². The lowest BCUT2D eigenvalue weighted by atomic mass is 10.0. The third kappa shape index (κ3) is 3.75. The second-order valence-corrected chi connectivity index (χ2v) is 13.0. The minimum Gasteiger partial charge on any atom is -0.146 e. The van der Waals surface area contributed by atoms with Crippen molar-refractivity contribution >= 4 is 28.9 Å². The first-order chi connectivity index (χ1) is 8.59. The molecular weight excluding hydrogens is 279 g/mol. The van der Waals surface area contributed by atoms with Crippen LogP contribution in [0.15, 0.2) is 30.3 Å². The number of rotatable bonds is 4. The van der Waals surface area contributed by atoms with Gasteiger partial charge in [0.15, 0.2) is 0 Å². The third-order valence-electron chi connectivity index (χ3n) is 4.15. The molecule has 1 unspecified atom stereocenters. The van der Waals surface area contributed by atoms with E-state index in [1.54, 1.807) is 0 Å². The molecule has 1 aliphatic rings. The Labute approximate surface area is 121 Å². The summed E-state index contributed by atoms with van der Waals surface area (Å²) in [7, 11) is 0. The fourth-order valence-electron chi connectivity index (χ4n) is 3.00. The first-order valence-electron chi connectivity index (χ1n) is 7.02. The Balaban J connectivity index is 1.98. The molecule has 1 aliphatic carbocycles. The molecule has 0 saturated heterocycles. The Morgan fingerprint density at radius 2 is 1.72 bits per heavy atom. The third-order valence-corrected chi connectivity index (χ3v) is 9.86. The molecule has 0 N–H and O–H groups in total. The van der Waals surface area contributed by atoms with Crippen LogP contribution < -0.4 is 0 Å². The second-order valence-electron chi connectivity index (χ2n) is 5.61. The first-order valence-corrected chi connectivity index (χ1v) is 11.3. The number of benzene rings is 1. The van der Waals surface area contributed by atoms with E-state index in [0.717, 1.165) is 6.04 Å². The maximum absolute atomic E-state index is 6.76. The molecule has 0 bridgehead atoms. The van der Waals surface area contributed by atoms with Gasteiger partial charge in [-0.05, 0) is 23.1 Å². The number of hydrogen-bond donors (Lipinski definition) is 0. The molecule has 1 fully saturated rings. The Morgan fingerprint density at radius 1 is 1.11 bits per heavy atom. The smallest absolute Gasteiger partial charge is 0.146 e. The Hall–Kier alpha value is 0.0169. The van der Waals surface area contributed by atoms with Gasteiger partial charge >= 0.3 is 0 Å². The minimum atomic E-state index is -2.10. The van der Waals surface area contributed by atoms with Crippen molar-refractivity contribution in [1.29, 1.82) is 0 Å². The topological polar surface area (TPSA) is 0 Å². The fourth-order valence-corrected chi connectivity index (χ4v) is 8.34. The van der Waals surface area contributed by atoms with Crippen LogP contribution >= 0.6 is 22.2 Å². The molecule has 0 heterocycles. The molecule has 0 aliphatic heterocycles. The summed E-state index contributed by atoms with van der Waals surface area (Å²) in [6.45, 7) is 0.151. The first kappa shape index (κ1) is 14.4. The van der Waals surface area contributed by atoms with Crippen molar-refractivity contribution in [3.8, 4) is 0 Å². The van der Waals surface area contributed by atoms with E-state index in [9.17, 15) is 0 Å². The van der Waals surface area contributed by atoms with Crippen LogP contribution in [0.25, 0.3) is 0 Å². The quantitative estimate of drug-likeness (QED) is 0.469. The predicted octanol–water partition coefficient (Wildman–Crippen LogP) is 6.04. The zero-order chi connectivity index (χ0) is 13.0. The summed E-state index contributed by atoms with van der Waals surface area (Å²) in [6.07, 6.45) is 6.50. The van der Waals surface area contributed by atoms with E-state index in [2.05, 4.69) is 37.3 Å². The molecule has 1 saturated carbocycles. The Kier molecular flexibility index (Phi) is 5.17. The number of halogens is 2. The molecule has 1 aromatic rings. The SMILES string of the molecule is CC(C[Si](Cl)(Cl)C1CCCCC1)c1ccccc1. The van der Waals surface area contributed by atoms with Gasteiger partial charge in [-0.2, -0.15) is 0 Å². The van der Waals surface area contributed by atoms with Gasteiger partial charge in [0.1, 0.15) is 0 Å². The standard InChI is InChI=1S/C15H22Cl2Si/c1-13(14-8-4-2-5-9-14)12-18(16,17)15-10-6-3-7-11-15/h2,4-5,8-9,13,15H,3,6-7,10-12H2,1H3. The fraction of sp³-hybridized carbons (Fsp3) is 0.600. The molecule has 0 spiro atoms. The van der Waals surface area contributed by atoms with E-state index < -0.39 is 6.69 Å². The normalized spacial score (nSPS) is 19.7.